The number of rotatable bonds is 15. The van der Waals surface area contributed by atoms with Crippen LogP contribution in [0.15, 0.2) is 4.99 Å². The first kappa shape index (κ1) is 34.4. The van der Waals surface area contributed by atoms with Crippen molar-refractivity contribution in [2.24, 2.45) is 22.2 Å². The first-order valence-electron chi connectivity index (χ1n) is 14.1. The average molecular weight is 596 g/mol. The summed E-state index contributed by atoms with van der Waals surface area (Å²) in [5.74, 6) is -0.0776. The van der Waals surface area contributed by atoms with E-state index >= 15 is 0 Å². The smallest absolute Gasteiger partial charge is 0.173 e. The number of nitrogens with zero attached hydrogens (tertiary/aromatic N) is 1. The maximum absolute atomic E-state index is 11.5. The van der Waals surface area contributed by atoms with E-state index in [1.807, 2.05) is 0 Å². The molecule has 0 aromatic heterocycles. The fourth-order valence-corrected chi connectivity index (χ4v) is 5.03. The van der Waals surface area contributed by atoms with Gasteiger partial charge < -0.3 is 76.8 Å². The highest BCUT2D eigenvalue weighted by molar-refractivity contribution is 5.90. The van der Waals surface area contributed by atoms with Crippen molar-refractivity contribution in [3.8, 4) is 0 Å². The number of amidine groups is 1. The van der Waals surface area contributed by atoms with Gasteiger partial charge in [-0.15, -0.1) is 0 Å². The second-order valence-electron chi connectivity index (χ2n) is 11.2. The van der Waals surface area contributed by atoms with Crippen molar-refractivity contribution in [2.45, 2.75) is 112 Å². The van der Waals surface area contributed by atoms with Gasteiger partial charge in [-0.2, -0.15) is 0 Å². The normalized spacial score (nSPS) is 37.2. The molecule has 240 valence electrons. The summed E-state index contributed by atoms with van der Waals surface area (Å²) < 4.78 is 28.9. The molecule has 13 N–H and O–H groups in total. The maximum Gasteiger partial charge on any atom is 0.173 e. The van der Waals surface area contributed by atoms with Crippen molar-refractivity contribution in [3.63, 3.8) is 0 Å². The van der Waals surface area contributed by atoms with Gasteiger partial charge in [0, 0.05) is 19.1 Å². The minimum absolute atomic E-state index is 0.0150. The third-order valence-corrected chi connectivity index (χ3v) is 7.64. The summed E-state index contributed by atoms with van der Waals surface area (Å²) in [4.78, 5) is 4.45. The van der Waals surface area contributed by atoms with Gasteiger partial charge in [-0.1, -0.05) is 0 Å². The van der Waals surface area contributed by atoms with Crippen LogP contribution in [0.4, 0.5) is 0 Å². The standard InChI is InChI=1S/C25H49N5O11/c1-12(33)19(9-32)38-13(2)39-22-18(30-24(28)25(36)10-37-11-25)5-17(27)21(20(22)35)41-23-16(26)4-3-15(40-23)7-29-6-14(34)8-31/h12-23,29,31-36H,3-11,26-27H2,1-2H3,(H2,28,30)/t12?,13?,14?,15-,16?,17-,18+,19?,20?,21?,22?,23+/m0/s1. The average Bonchev–Trinajstić information content (AvgIpc) is 2.91. The lowest BCUT2D eigenvalue weighted by Crippen LogP contribution is -2.64. The van der Waals surface area contributed by atoms with E-state index in [0.29, 0.717) is 19.4 Å². The second-order valence-corrected chi connectivity index (χ2v) is 11.2. The number of ether oxygens (including phenoxy) is 5. The molecule has 3 aliphatic rings. The summed E-state index contributed by atoms with van der Waals surface area (Å²) in [5, 5.41) is 63.0. The van der Waals surface area contributed by atoms with Gasteiger partial charge in [0.2, 0.25) is 0 Å². The Bertz CT molecular complexity index is 823. The fourth-order valence-electron chi connectivity index (χ4n) is 5.03. The lowest BCUT2D eigenvalue weighted by atomic mass is 9.83. The number of aliphatic hydroxyl groups excluding tert-OH is 5. The van der Waals surface area contributed by atoms with Gasteiger partial charge in [-0.05, 0) is 33.1 Å². The summed E-state index contributed by atoms with van der Waals surface area (Å²) in [6.07, 6.45) is -7.02. The van der Waals surface area contributed by atoms with E-state index < -0.39 is 79.5 Å². The summed E-state index contributed by atoms with van der Waals surface area (Å²) in [7, 11) is 0. The molecule has 16 nitrogen and oxygen atoms in total. The number of hydrogen-bond donors (Lipinski definition) is 10. The van der Waals surface area contributed by atoms with Gasteiger partial charge in [-0.3, -0.25) is 4.99 Å². The summed E-state index contributed by atoms with van der Waals surface area (Å²) >= 11 is 0. The maximum atomic E-state index is 11.5. The van der Waals surface area contributed by atoms with E-state index in [2.05, 4.69) is 10.3 Å². The minimum Gasteiger partial charge on any atom is -0.394 e. The molecule has 3 rings (SSSR count). The van der Waals surface area contributed by atoms with Crippen molar-refractivity contribution >= 4 is 5.84 Å². The number of aliphatic imine (C=N–C) groups is 1. The third kappa shape index (κ3) is 9.20. The lowest BCUT2D eigenvalue weighted by Gasteiger charge is -2.46. The zero-order valence-electron chi connectivity index (χ0n) is 23.7. The van der Waals surface area contributed by atoms with Gasteiger partial charge in [0.05, 0.1) is 56.8 Å². The number of nitrogens with one attached hydrogen (secondary N) is 1. The van der Waals surface area contributed by atoms with Crippen molar-refractivity contribution in [2.75, 3.05) is 39.5 Å². The predicted molar refractivity (Wildman–Crippen MR) is 144 cm³/mol. The van der Waals surface area contributed by atoms with Gasteiger partial charge in [0.15, 0.2) is 18.2 Å². The Balaban J connectivity index is 1.73. The van der Waals surface area contributed by atoms with E-state index in [9.17, 15) is 25.5 Å². The Morgan fingerprint density at radius 2 is 1.80 bits per heavy atom. The molecule has 0 amide bonds. The van der Waals surface area contributed by atoms with Gasteiger partial charge >= 0.3 is 0 Å². The zero-order chi connectivity index (χ0) is 30.3. The number of nitrogens with two attached hydrogens (primary N) is 3. The van der Waals surface area contributed by atoms with E-state index in [1.54, 1.807) is 6.92 Å². The van der Waals surface area contributed by atoms with Gasteiger partial charge in [0.25, 0.3) is 0 Å². The zero-order valence-corrected chi connectivity index (χ0v) is 23.7. The van der Waals surface area contributed by atoms with Crippen LogP contribution in [0.1, 0.15) is 33.1 Å². The van der Waals surface area contributed by atoms with Crippen LogP contribution in [-0.4, -0.2) is 155 Å². The Labute approximate surface area is 239 Å². The van der Waals surface area contributed by atoms with Crippen LogP contribution in [0.25, 0.3) is 0 Å². The summed E-state index contributed by atoms with van der Waals surface area (Å²) in [6, 6.07) is -2.04. The quantitative estimate of drug-likeness (QED) is 0.0483. The third-order valence-electron chi connectivity index (χ3n) is 7.64. The highest BCUT2D eigenvalue weighted by Gasteiger charge is 2.49. The molecule has 1 aliphatic carbocycles. The van der Waals surface area contributed by atoms with Crippen LogP contribution in [0.2, 0.25) is 0 Å². The van der Waals surface area contributed by atoms with Crippen LogP contribution < -0.4 is 22.5 Å². The van der Waals surface area contributed by atoms with Crippen LogP contribution in [-0.2, 0) is 23.7 Å². The highest BCUT2D eigenvalue weighted by Crippen LogP contribution is 2.31. The molecule has 0 spiro atoms. The molecule has 1 saturated carbocycles. The Morgan fingerprint density at radius 3 is 2.39 bits per heavy atom. The number of aliphatic hydroxyl groups is 6. The van der Waals surface area contributed by atoms with Crippen LogP contribution >= 0.6 is 0 Å². The molecule has 16 heteroatoms. The SMILES string of the molecule is CC(OC(CO)C(C)O)OC1C(O)C(O[C@H]2O[C@H](CNCC(O)CO)CCC2N)[C@@H](N)C[C@H]1N=C(N)C1(O)COC1. The molecule has 12 atom stereocenters. The molecule has 3 fully saturated rings. The Morgan fingerprint density at radius 1 is 1.10 bits per heavy atom. The van der Waals surface area contributed by atoms with Crippen molar-refractivity contribution in [1.82, 2.24) is 5.32 Å². The molecule has 2 saturated heterocycles. The van der Waals surface area contributed by atoms with Crippen molar-refractivity contribution < 1.29 is 54.3 Å². The lowest BCUT2D eigenvalue weighted by molar-refractivity contribution is -0.275. The van der Waals surface area contributed by atoms with E-state index in [1.165, 1.54) is 6.92 Å². The number of hydrogen-bond acceptors (Lipinski definition) is 15. The van der Waals surface area contributed by atoms with Crippen molar-refractivity contribution in [3.05, 3.63) is 0 Å². The van der Waals surface area contributed by atoms with E-state index in [-0.39, 0.29) is 44.7 Å². The Hall–Kier alpha value is -1.09. The molecule has 41 heavy (non-hydrogen) atoms. The first-order valence-corrected chi connectivity index (χ1v) is 14.1. The highest BCUT2D eigenvalue weighted by atomic mass is 16.7. The molecule has 0 aromatic rings. The summed E-state index contributed by atoms with van der Waals surface area (Å²) in [5.41, 5.74) is 17.4. The molecular formula is C25H49N5O11. The van der Waals surface area contributed by atoms with E-state index in [4.69, 9.17) is 46.0 Å². The summed E-state index contributed by atoms with van der Waals surface area (Å²) in [6.45, 7) is 2.75. The van der Waals surface area contributed by atoms with Gasteiger partial charge in [-0.25, -0.2) is 0 Å². The predicted octanol–water partition coefficient (Wildman–Crippen LogP) is -4.78. The monoisotopic (exact) mass is 595 g/mol. The molecule has 0 bridgehead atoms. The minimum atomic E-state index is -1.43. The molecule has 8 unspecified atom stereocenters. The molecule has 0 aromatic carbocycles. The van der Waals surface area contributed by atoms with E-state index in [0.717, 1.165) is 0 Å². The molecular weight excluding hydrogens is 546 g/mol. The largest absolute Gasteiger partial charge is 0.394 e. The topological polar surface area (TPSA) is 270 Å². The van der Waals surface area contributed by atoms with Gasteiger partial charge in [0.1, 0.15) is 30.3 Å². The van der Waals surface area contributed by atoms with Crippen LogP contribution in [0.3, 0.4) is 0 Å². The van der Waals surface area contributed by atoms with Crippen molar-refractivity contribution in [1.29, 1.82) is 0 Å². The fraction of sp³-hybridized carbons (Fsp3) is 0.960. The second kappa shape index (κ2) is 15.6. The molecule has 2 heterocycles. The van der Waals surface area contributed by atoms with Crippen LogP contribution in [0.5, 0.6) is 0 Å². The molecule has 0 radical (unpaired) electrons. The first-order chi connectivity index (χ1) is 19.4. The van der Waals surface area contributed by atoms with Crippen LogP contribution in [0, 0.1) is 0 Å². The Kier molecular flexibility index (Phi) is 13.1. The molecule has 2 aliphatic heterocycles.